The van der Waals surface area contributed by atoms with Crippen molar-refractivity contribution in [3.8, 4) is 0 Å². The van der Waals surface area contributed by atoms with Gasteiger partial charge in [-0.2, -0.15) is 0 Å². The van der Waals surface area contributed by atoms with Gasteiger partial charge in [-0.3, -0.25) is 10.0 Å². The predicted molar refractivity (Wildman–Crippen MR) is 74.4 cm³/mol. The second-order valence-electron chi connectivity index (χ2n) is 4.88. The molecule has 1 amide bonds. The Bertz CT molecular complexity index is 455. The first-order valence-electron chi connectivity index (χ1n) is 6.71. The standard InChI is InChI=1S/C15H21NO4/c1-4-12-5-7-13(8-6-12)15(18)20-11(3)9-10(2)14(17)16-19/h5-8,10-11,19H,4,9H2,1-3H3,(H,16,17). The van der Waals surface area contributed by atoms with Crippen LogP contribution < -0.4 is 5.48 Å². The van der Waals surface area contributed by atoms with E-state index in [2.05, 4.69) is 0 Å². The quantitative estimate of drug-likeness (QED) is 0.476. The average molecular weight is 279 g/mol. The Morgan fingerprint density at radius 3 is 2.35 bits per heavy atom. The maximum absolute atomic E-state index is 11.9. The Morgan fingerprint density at radius 1 is 1.25 bits per heavy atom. The Hall–Kier alpha value is -1.88. The highest BCUT2D eigenvalue weighted by Gasteiger charge is 2.19. The maximum atomic E-state index is 11.9. The number of amides is 1. The summed E-state index contributed by atoms with van der Waals surface area (Å²) < 4.78 is 5.27. The molecule has 0 radical (unpaired) electrons. The van der Waals surface area contributed by atoms with Crippen LogP contribution in [-0.4, -0.2) is 23.2 Å². The van der Waals surface area contributed by atoms with Gasteiger partial charge in [-0.05, 0) is 37.5 Å². The van der Waals surface area contributed by atoms with Crippen molar-refractivity contribution in [2.75, 3.05) is 0 Å². The van der Waals surface area contributed by atoms with Gasteiger partial charge in [0.1, 0.15) is 6.10 Å². The van der Waals surface area contributed by atoms with Crippen LogP contribution in [0.25, 0.3) is 0 Å². The normalized spacial score (nSPS) is 13.4. The minimum Gasteiger partial charge on any atom is -0.459 e. The number of rotatable bonds is 6. The third-order valence-electron chi connectivity index (χ3n) is 3.15. The number of benzene rings is 1. The zero-order valence-corrected chi connectivity index (χ0v) is 12.1. The van der Waals surface area contributed by atoms with E-state index in [-0.39, 0.29) is 0 Å². The molecule has 0 aliphatic heterocycles. The molecular weight excluding hydrogens is 258 g/mol. The van der Waals surface area contributed by atoms with Crippen molar-refractivity contribution in [3.05, 3.63) is 35.4 Å². The molecule has 2 unspecified atom stereocenters. The van der Waals surface area contributed by atoms with Gasteiger partial charge in [-0.1, -0.05) is 26.0 Å². The molecule has 5 nitrogen and oxygen atoms in total. The number of esters is 1. The molecule has 0 aliphatic carbocycles. The van der Waals surface area contributed by atoms with Crippen LogP contribution in [0.4, 0.5) is 0 Å². The van der Waals surface area contributed by atoms with Gasteiger partial charge in [0, 0.05) is 5.92 Å². The molecule has 5 heteroatoms. The van der Waals surface area contributed by atoms with E-state index >= 15 is 0 Å². The molecule has 1 rings (SSSR count). The van der Waals surface area contributed by atoms with Crippen LogP contribution >= 0.6 is 0 Å². The Labute approximate surface area is 118 Å². The Morgan fingerprint density at radius 2 is 1.85 bits per heavy atom. The first kappa shape index (κ1) is 16.2. The molecular formula is C15H21NO4. The van der Waals surface area contributed by atoms with Crippen molar-refractivity contribution in [2.45, 2.75) is 39.7 Å². The fourth-order valence-corrected chi connectivity index (χ4v) is 1.89. The topological polar surface area (TPSA) is 75.6 Å². The third-order valence-corrected chi connectivity index (χ3v) is 3.15. The summed E-state index contributed by atoms with van der Waals surface area (Å²) in [5, 5.41) is 8.52. The van der Waals surface area contributed by atoms with Gasteiger partial charge in [-0.25, -0.2) is 10.3 Å². The van der Waals surface area contributed by atoms with Gasteiger partial charge in [0.15, 0.2) is 0 Å². The second-order valence-corrected chi connectivity index (χ2v) is 4.88. The van der Waals surface area contributed by atoms with Gasteiger partial charge in [-0.15, -0.1) is 0 Å². The minimum atomic E-state index is -0.486. The fraction of sp³-hybridized carbons (Fsp3) is 0.467. The molecule has 0 fully saturated rings. The van der Waals surface area contributed by atoms with E-state index in [1.165, 1.54) is 0 Å². The number of aryl methyl sites for hydroxylation is 1. The van der Waals surface area contributed by atoms with E-state index in [9.17, 15) is 9.59 Å². The van der Waals surface area contributed by atoms with E-state index in [1.54, 1.807) is 31.5 Å². The molecule has 0 heterocycles. The lowest BCUT2D eigenvalue weighted by atomic mass is 10.0. The van der Waals surface area contributed by atoms with E-state index in [0.29, 0.717) is 12.0 Å². The van der Waals surface area contributed by atoms with Gasteiger partial charge in [0.2, 0.25) is 5.91 Å². The lowest BCUT2D eigenvalue weighted by molar-refractivity contribution is -0.133. The van der Waals surface area contributed by atoms with Crippen LogP contribution in [0.1, 0.15) is 43.1 Å². The van der Waals surface area contributed by atoms with Crippen LogP contribution in [0.2, 0.25) is 0 Å². The highest BCUT2D eigenvalue weighted by molar-refractivity contribution is 5.89. The lowest BCUT2D eigenvalue weighted by Crippen LogP contribution is -2.29. The number of hydrogen-bond acceptors (Lipinski definition) is 4. The van der Waals surface area contributed by atoms with E-state index in [4.69, 9.17) is 9.94 Å². The van der Waals surface area contributed by atoms with E-state index in [0.717, 1.165) is 12.0 Å². The summed E-state index contributed by atoms with van der Waals surface area (Å²) in [7, 11) is 0. The molecule has 20 heavy (non-hydrogen) atoms. The summed E-state index contributed by atoms with van der Waals surface area (Å²) in [6, 6.07) is 7.25. The number of carbonyl (C=O) groups excluding carboxylic acids is 2. The highest BCUT2D eigenvalue weighted by atomic mass is 16.5. The van der Waals surface area contributed by atoms with Gasteiger partial charge < -0.3 is 4.74 Å². The fourth-order valence-electron chi connectivity index (χ4n) is 1.89. The molecule has 2 N–H and O–H groups in total. The van der Waals surface area contributed by atoms with Crippen LogP contribution in [0.3, 0.4) is 0 Å². The van der Waals surface area contributed by atoms with Crippen LogP contribution in [-0.2, 0) is 16.0 Å². The molecule has 0 saturated carbocycles. The SMILES string of the molecule is CCc1ccc(C(=O)OC(C)CC(C)C(=O)NO)cc1. The third kappa shape index (κ3) is 4.66. The second kappa shape index (κ2) is 7.65. The summed E-state index contributed by atoms with van der Waals surface area (Å²) in [5.74, 6) is -1.32. The summed E-state index contributed by atoms with van der Waals surface area (Å²) in [4.78, 5) is 23.1. The lowest BCUT2D eigenvalue weighted by Gasteiger charge is -2.16. The maximum Gasteiger partial charge on any atom is 0.338 e. The first-order chi connectivity index (χ1) is 9.47. The largest absolute Gasteiger partial charge is 0.459 e. The van der Waals surface area contributed by atoms with Crippen molar-refractivity contribution < 1.29 is 19.5 Å². The monoisotopic (exact) mass is 279 g/mol. The van der Waals surface area contributed by atoms with Crippen molar-refractivity contribution in [1.82, 2.24) is 5.48 Å². The highest BCUT2D eigenvalue weighted by Crippen LogP contribution is 2.12. The van der Waals surface area contributed by atoms with Gasteiger partial charge >= 0.3 is 5.97 Å². The van der Waals surface area contributed by atoms with Gasteiger partial charge in [0.05, 0.1) is 5.56 Å². The summed E-state index contributed by atoms with van der Waals surface area (Å²) in [5.41, 5.74) is 3.24. The number of carbonyl (C=O) groups is 2. The Kier molecular flexibility index (Phi) is 6.18. The molecule has 0 aliphatic rings. The zero-order chi connectivity index (χ0) is 15.1. The minimum absolute atomic E-state index is 0.352. The first-order valence-corrected chi connectivity index (χ1v) is 6.71. The molecule has 0 saturated heterocycles. The molecule has 0 aromatic heterocycles. The van der Waals surface area contributed by atoms with E-state index < -0.39 is 23.9 Å². The van der Waals surface area contributed by atoms with Crippen LogP contribution in [0, 0.1) is 5.92 Å². The molecule has 0 spiro atoms. The summed E-state index contributed by atoms with van der Waals surface area (Å²) >= 11 is 0. The Balaban J connectivity index is 2.54. The number of hydroxylamine groups is 1. The van der Waals surface area contributed by atoms with Crippen molar-refractivity contribution in [3.63, 3.8) is 0 Å². The van der Waals surface area contributed by atoms with Crippen molar-refractivity contribution >= 4 is 11.9 Å². The van der Waals surface area contributed by atoms with E-state index in [1.807, 2.05) is 19.1 Å². The van der Waals surface area contributed by atoms with Crippen molar-refractivity contribution in [2.24, 2.45) is 5.92 Å². The average Bonchev–Trinajstić information content (AvgIpc) is 2.46. The molecule has 110 valence electrons. The number of hydrogen-bond donors (Lipinski definition) is 2. The molecule has 1 aromatic carbocycles. The van der Waals surface area contributed by atoms with Gasteiger partial charge in [0.25, 0.3) is 0 Å². The van der Waals surface area contributed by atoms with Crippen LogP contribution in [0.5, 0.6) is 0 Å². The number of ether oxygens (including phenoxy) is 1. The zero-order valence-electron chi connectivity index (χ0n) is 12.1. The molecule has 0 bridgehead atoms. The summed E-state index contributed by atoms with van der Waals surface area (Å²) in [6.07, 6.45) is 0.866. The smallest absolute Gasteiger partial charge is 0.338 e. The number of nitrogens with one attached hydrogen (secondary N) is 1. The molecule has 1 aromatic rings. The van der Waals surface area contributed by atoms with Crippen LogP contribution in [0.15, 0.2) is 24.3 Å². The predicted octanol–water partition coefficient (Wildman–Crippen LogP) is 2.33. The molecule has 2 atom stereocenters. The van der Waals surface area contributed by atoms with Crippen molar-refractivity contribution in [1.29, 1.82) is 0 Å². The summed E-state index contributed by atoms with van der Waals surface area (Å²) in [6.45, 7) is 5.42.